The highest BCUT2D eigenvalue weighted by molar-refractivity contribution is 9.10. The van der Waals surface area contributed by atoms with Gasteiger partial charge in [-0.1, -0.05) is 46.3 Å². The maximum absolute atomic E-state index is 13.6. The van der Waals surface area contributed by atoms with Gasteiger partial charge in [-0.15, -0.1) is 0 Å². The van der Waals surface area contributed by atoms with E-state index < -0.39 is 29.9 Å². The van der Waals surface area contributed by atoms with Crippen LogP contribution in [0.3, 0.4) is 0 Å². The van der Waals surface area contributed by atoms with Crippen LogP contribution in [0.5, 0.6) is 5.75 Å². The fourth-order valence-corrected chi connectivity index (χ4v) is 4.11. The Bertz CT molecular complexity index is 1220. The molecule has 2 heterocycles. The molecule has 1 aliphatic heterocycles. The largest absolute Gasteiger partial charge is 0.486 e. The molecule has 1 N–H and O–H groups in total. The van der Waals surface area contributed by atoms with Crippen LogP contribution in [0, 0.1) is 0 Å². The second-order valence-corrected chi connectivity index (χ2v) is 8.95. The van der Waals surface area contributed by atoms with E-state index in [1.807, 2.05) is 37.3 Å². The molecule has 0 radical (unpaired) electrons. The minimum absolute atomic E-state index is 0.0698. The van der Waals surface area contributed by atoms with Gasteiger partial charge in [0.15, 0.2) is 11.3 Å². The van der Waals surface area contributed by atoms with E-state index in [4.69, 9.17) is 13.9 Å². The van der Waals surface area contributed by atoms with E-state index >= 15 is 0 Å². The summed E-state index contributed by atoms with van der Waals surface area (Å²) >= 11 is 3.38. The molecule has 3 aromatic rings. The lowest BCUT2D eigenvalue weighted by Crippen LogP contribution is -2.62. The van der Waals surface area contributed by atoms with E-state index in [0.717, 1.165) is 14.9 Å². The number of carbonyl (C=O) groups excluding carboxylic acids is 3. The number of furan rings is 1. The predicted molar refractivity (Wildman–Crippen MR) is 124 cm³/mol. The molecule has 4 rings (SSSR count). The highest BCUT2D eigenvalue weighted by Gasteiger charge is 2.49. The van der Waals surface area contributed by atoms with Gasteiger partial charge in [0.05, 0.1) is 18.5 Å². The summed E-state index contributed by atoms with van der Waals surface area (Å²) in [4.78, 5) is 40.4. The smallest absolute Gasteiger partial charge is 0.325 e. The lowest BCUT2D eigenvalue weighted by molar-refractivity contribution is -0.145. The summed E-state index contributed by atoms with van der Waals surface area (Å²) in [6.07, 6.45) is 0. The molecule has 2 aromatic carbocycles. The summed E-state index contributed by atoms with van der Waals surface area (Å²) in [5, 5.41) is 3.54. The van der Waals surface area contributed by atoms with E-state index in [0.29, 0.717) is 11.0 Å². The van der Waals surface area contributed by atoms with Gasteiger partial charge in [0.25, 0.3) is 5.91 Å². The highest BCUT2D eigenvalue weighted by atomic mass is 79.9. The van der Waals surface area contributed by atoms with E-state index in [1.165, 1.54) is 7.11 Å². The monoisotopic (exact) mass is 514 g/mol. The van der Waals surface area contributed by atoms with Gasteiger partial charge >= 0.3 is 5.97 Å². The fraction of sp³-hybridized carbons (Fsp3) is 0.292. The van der Waals surface area contributed by atoms with Crippen LogP contribution in [0.4, 0.5) is 0 Å². The molecule has 172 valence electrons. The van der Waals surface area contributed by atoms with Gasteiger partial charge in [-0.05, 0) is 37.6 Å². The average Bonchev–Trinajstić information content (AvgIpc) is 3.13. The Morgan fingerprint density at radius 3 is 2.67 bits per heavy atom. The van der Waals surface area contributed by atoms with Crippen molar-refractivity contribution in [1.82, 2.24) is 10.2 Å². The number of benzene rings is 2. The maximum Gasteiger partial charge on any atom is 0.325 e. The summed E-state index contributed by atoms with van der Waals surface area (Å²) in [5.41, 5.74) is -0.151. The lowest BCUT2D eigenvalue weighted by atomic mass is 9.97. The first kappa shape index (κ1) is 22.8. The number of rotatable bonds is 5. The van der Waals surface area contributed by atoms with Crippen molar-refractivity contribution in [2.45, 2.75) is 25.4 Å². The van der Waals surface area contributed by atoms with Crippen molar-refractivity contribution in [2.75, 3.05) is 20.3 Å². The summed E-state index contributed by atoms with van der Waals surface area (Å²) in [6, 6.07) is 14.4. The van der Waals surface area contributed by atoms with Gasteiger partial charge in [-0.3, -0.25) is 14.4 Å². The minimum Gasteiger partial charge on any atom is -0.486 e. The van der Waals surface area contributed by atoms with Gasteiger partial charge in [0.1, 0.15) is 18.7 Å². The number of ether oxygens (including phenoxy) is 2. The van der Waals surface area contributed by atoms with Crippen LogP contribution in [0.1, 0.15) is 36.0 Å². The van der Waals surface area contributed by atoms with E-state index in [1.54, 1.807) is 25.1 Å². The van der Waals surface area contributed by atoms with Crippen molar-refractivity contribution in [1.29, 1.82) is 0 Å². The predicted octanol–water partition coefficient (Wildman–Crippen LogP) is 3.84. The Kier molecular flexibility index (Phi) is 6.16. The average molecular weight is 515 g/mol. The number of hydrogen-bond donors (Lipinski definition) is 1. The molecule has 0 saturated heterocycles. The van der Waals surface area contributed by atoms with Crippen LogP contribution in [-0.2, 0) is 14.3 Å². The number of hydrogen-bond acceptors (Lipinski definition) is 6. The summed E-state index contributed by atoms with van der Waals surface area (Å²) < 4.78 is 17.4. The van der Waals surface area contributed by atoms with Gasteiger partial charge < -0.3 is 24.1 Å². The van der Waals surface area contributed by atoms with E-state index in [-0.39, 0.29) is 24.2 Å². The molecule has 2 amide bonds. The number of amides is 2. The van der Waals surface area contributed by atoms with Crippen molar-refractivity contribution < 1.29 is 28.3 Å². The molecule has 2 atom stereocenters. The number of nitrogens with one attached hydrogen (secondary N) is 1. The first-order valence-electron chi connectivity index (χ1n) is 10.3. The molecular formula is C24H23BrN2O6. The number of fused-ring (bicyclic) bond motifs is 3. The van der Waals surface area contributed by atoms with Crippen LogP contribution in [0.25, 0.3) is 11.0 Å². The number of methoxy groups -OCH3 is 1. The molecule has 0 unspecified atom stereocenters. The van der Waals surface area contributed by atoms with Crippen LogP contribution >= 0.6 is 15.9 Å². The van der Waals surface area contributed by atoms with Crippen molar-refractivity contribution in [2.24, 2.45) is 0 Å². The lowest BCUT2D eigenvalue weighted by Gasteiger charge is -2.37. The molecule has 0 aliphatic carbocycles. The fourth-order valence-electron chi connectivity index (χ4n) is 3.77. The molecule has 9 heteroatoms. The van der Waals surface area contributed by atoms with Crippen molar-refractivity contribution >= 4 is 44.7 Å². The topological polar surface area (TPSA) is 98.1 Å². The Balaban J connectivity index is 1.72. The maximum atomic E-state index is 13.6. The molecule has 0 spiro atoms. The normalized spacial score (nSPS) is 18.8. The van der Waals surface area contributed by atoms with Crippen LogP contribution in [0.15, 0.2) is 57.4 Å². The Morgan fingerprint density at radius 2 is 1.97 bits per heavy atom. The highest BCUT2D eigenvalue weighted by Crippen LogP contribution is 2.39. The number of carbonyl (C=O) groups is 3. The molecule has 0 fully saturated rings. The van der Waals surface area contributed by atoms with Gasteiger partial charge in [0.2, 0.25) is 11.7 Å². The van der Waals surface area contributed by atoms with E-state index in [9.17, 15) is 14.4 Å². The number of nitrogens with zero attached hydrogens (tertiary/aromatic N) is 1. The third kappa shape index (κ3) is 4.20. The first-order valence-corrected chi connectivity index (χ1v) is 11.1. The third-order valence-electron chi connectivity index (χ3n) is 5.79. The summed E-state index contributed by atoms with van der Waals surface area (Å²) in [5.74, 6) is -1.59. The first-order chi connectivity index (χ1) is 15.7. The Hall–Kier alpha value is -3.33. The SMILES string of the molecule is COC(=O)CN1C(=O)c2oc3cc(Br)ccc3c2OC[C@]1(C)C(=O)N[C@@H](C)c1ccccc1. The summed E-state index contributed by atoms with van der Waals surface area (Å²) in [6.45, 7) is 2.78. The zero-order chi connectivity index (χ0) is 23.8. The molecule has 1 aromatic heterocycles. The van der Waals surface area contributed by atoms with Gasteiger partial charge in [0, 0.05) is 4.47 Å². The Labute approximate surface area is 198 Å². The summed E-state index contributed by atoms with van der Waals surface area (Å²) in [7, 11) is 1.22. The standard InChI is InChI=1S/C24H23BrN2O6/c1-14(15-7-5-4-6-8-15)26-23(30)24(2)13-32-20-17-10-9-16(25)11-18(17)33-21(20)22(29)27(24)12-19(28)31-3/h4-11,14H,12-13H2,1-3H3,(H,26,30)/t14-,24+/m0/s1. The second-order valence-electron chi connectivity index (χ2n) is 8.04. The number of esters is 1. The Morgan fingerprint density at radius 1 is 1.24 bits per heavy atom. The molecule has 1 aliphatic rings. The van der Waals surface area contributed by atoms with Crippen molar-refractivity contribution in [3.05, 3.63) is 64.3 Å². The van der Waals surface area contributed by atoms with Gasteiger partial charge in [-0.25, -0.2) is 0 Å². The zero-order valence-electron chi connectivity index (χ0n) is 18.4. The second kappa shape index (κ2) is 8.90. The van der Waals surface area contributed by atoms with Gasteiger partial charge in [-0.2, -0.15) is 0 Å². The minimum atomic E-state index is -1.50. The van der Waals surface area contributed by atoms with Crippen LogP contribution in [0.2, 0.25) is 0 Å². The zero-order valence-corrected chi connectivity index (χ0v) is 20.0. The van der Waals surface area contributed by atoms with E-state index in [2.05, 4.69) is 21.2 Å². The number of halogens is 1. The molecule has 33 heavy (non-hydrogen) atoms. The molecular weight excluding hydrogens is 492 g/mol. The molecule has 0 bridgehead atoms. The van der Waals surface area contributed by atoms with Crippen LogP contribution < -0.4 is 10.1 Å². The van der Waals surface area contributed by atoms with Crippen molar-refractivity contribution in [3.8, 4) is 5.75 Å². The van der Waals surface area contributed by atoms with Crippen LogP contribution in [-0.4, -0.2) is 48.5 Å². The molecule has 0 saturated carbocycles. The van der Waals surface area contributed by atoms with Crippen molar-refractivity contribution in [3.63, 3.8) is 0 Å². The third-order valence-corrected chi connectivity index (χ3v) is 6.28. The quantitative estimate of drug-likeness (QED) is 0.519. The molecule has 8 nitrogen and oxygen atoms in total.